The highest BCUT2D eigenvalue weighted by molar-refractivity contribution is 7.13. The Labute approximate surface area is 142 Å². The van der Waals surface area contributed by atoms with Crippen LogP contribution in [0.25, 0.3) is 10.6 Å². The number of furan rings is 1. The molecule has 0 bridgehead atoms. The van der Waals surface area contributed by atoms with Crippen LogP contribution in [0.15, 0.2) is 58.7 Å². The summed E-state index contributed by atoms with van der Waals surface area (Å²) in [6, 6.07) is 9.84. The molecule has 0 fully saturated rings. The van der Waals surface area contributed by atoms with E-state index in [9.17, 15) is 9.59 Å². The number of anilines is 1. The predicted molar refractivity (Wildman–Crippen MR) is 91.8 cm³/mol. The first-order valence-corrected chi connectivity index (χ1v) is 8.16. The zero-order valence-corrected chi connectivity index (χ0v) is 13.7. The molecule has 1 unspecified atom stereocenters. The van der Waals surface area contributed by atoms with Crippen LogP contribution in [0.4, 0.5) is 5.69 Å². The Bertz CT molecular complexity index is 811. The molecule has 24 heavy (non-hydrogen) atoms. The van der Waals surface area contributed by atoms with Crippen molar-refractivity contribution in [2.45, 2.75) is 13.0 Å². The molecule has 3 aromatic rings. The third kappa shape index (κ3) is 3.69. The molecule has 0 spiro atoms. The first-order chi connectivity index (χ1) is 11.6. The highest BCUT2D eigenvalue weighted by atomic mass is 32.1. The summed E-state index contributed by atoms with van der Waals surface area (Å²) in [7, 11) is 0. The third-order valence-electron chi connectivity index (χ3n) is 3.32. The number of hydrogen-bond donors (Lipinski definition) is 2. The van der Waals surface area contributed by atoms with Gasteiger partial charge in [0.2, 0.25) is 5.91 Å². The van der Waals surface area contributed by atoms with E-state index in [2.05, 4.69) is 15.6 Å². The second-order valence-electron chi connectivity index (χ2n) is 5.08. The molecule has 2 N–H and O–H groups in total. The summed E-state index contributed by atoms with van der Waals surface area (Å²) in [4.78, 5) is 28.3. The molecule has 3 rings (SSSR count). The number of carbonyl (C=O) groups is 2. The number of thiazole rings is 1. The van der Waals surface area contributed by atoms with Crippen LogP contribution in [-0.4, -0.2) is 22.8 Å². The van der Waals surface area contributed by atoms with Gasteiger partial charge >= 0.3 is 0 Å². The van der Waals surface area contributed by atoms with Gasteiger partial charge in [0.05, 0.1) is 6.26 Å². The number of carbonyl (C=O) groups excluding carboxylic acids is 2. The van der Waals surface area contributed by atoms with E-state index in [1.807, 2.05) is 17.5 Å². The first-order valence-electron chi connectivity index (χ1n) is 7.28. The van der Waals surface area contributed by atoms with Crippen LogP contribution >= 0.6 is 11.3 Å². The fourth-order valence-electron chi connectivity index (χ4n) is 2.05. The Morgan fingerprint density at radius 3 is 2.62 bits per heavy atom. The van der Waals surface area contributed by atoms with Crippen LogP contribution in [0, 0.1) is 0 Å². The topological polar surface area (TPSA) is 84.2 Å². The minimum atomic E-state index is -0.693. The summed E-state index contributed by atoms with van der Waals surface area (Å²) < 4.78 is 4.99. The Hall–Kier alpha value is -2.93. The van der Waals surface area contributed by atoms with E-state index in [-0.39, 0.29) is 11.7 Å². The monoisotopic (exact) mass is 341 g/mol. The molecule has 122 valence electrons. The number of nitrogens with one attached hydrogen (secondary N) is 2. The second-order valence-corrected chi connectivity index (χ2v) is 5.97. The lowest BCUT2D eigenvalue weighted by Gasteiger charge is -2.13. The van der Waals surface area contributed by atoms with Gasteiger partial charge in [0.1, 0.15) is 11.0 Å². The molecule has 0 saturated heterocycles. The molecule has 0 radical (unpaired) electrons. The van der Waals surface area contributed by atoms with Gasteiger partial charge in [-0.25, -0.2) is 4.98 Å². The quantitative estimate of drug-likeness (QED) is 0.746. The van der Waals surface area contributed by atoms with E-state index < -0.39 is 11.9 Å². The van der Waals surface area contributed by atoms with Crippen molar-refractivity contribution in [3.05, 3.63) is 60.0 Å². The van der Waals surface area contributed by atoms with Crippen LogP contribution < -0.4 is 10.6 Å². The molecular formula is C17H15N3O3S. The van der Waals surface area contributed by atoms with E-state index in [0.717, 1.165) is 10.6 Å². The Balaban J connectivity index is 1.59. The Morgan fingerprint density at radius 1 is 1.21 bits per heavy atom. The fraction of sp³-hybridized carbons (Fsp3) is 0.118. The van der Waals surface area contributed by atoms with Crippen LogP contribution in [0.5, 0.6) is 0 Å². The summed E-state index contributed by atoms with van der Waals surface area (Å²) >= 11 is 1.55. The minimum Gasteiger partial charge on any atom is -0.459 e. The zero-order chi connectivity index (χ0) is 16.9. The number of amides is 2. The van der Waals surface area contributed by atoms with E-state index >= 15 is 0 Å². The highest BCUT2D eigenvalue weighted by Crippen LogP contribution is 2.23. The average molecular weight is 341 g/mol. The van der Waals surface area contributed by atoms with Crippen LogP contribution in [0.2, 0.25) is 0 Å². The van der Waals surface area contributed by atoms with Crippen LogP contribution in [0.3, 0.4) is 0 Å². The lowest BCUT2D eigenvalue weighted by molar-refractivity contribution is -0.117. The van der Waals surface area contributed by atoms with Gasteiger partial charge in [-0.15, -0.1) is 11.3 Å². The largest absolute Gasteiger partial charge is 0.459 e. The summed E-state index contributed by atoms with van der Waals surface area (Å²) in [5, 5.41) is 8.18. The number of rotatable bonds is 5. The molecule has 1 atom stereocenters. The van der Waals surface area contributed by atoms with Crippen LogP contribution in [-0.2, 0) is 4.79 Å². The summed E-state index contributed by atoms with van der Waals surface area (Å²) in [5.74, 6) is -0.568. The summed E-state index contributed by atoms with van der Waals surface area (Å²) in [5.41, 5.74) is 1.64. The van der Waals surface area contributed by atoms with Crippen molar-refractivity contribution >= 4 is 28.8 Å². The Morgan fingerprint density at radius 2 is 2.00 bits per heavy atom. The maximum Gasteiger partial charge on any atom is 0.287 e. The van der Waals surface area contributed by atoms with Crippen molar-refractivity contribution in [1.82, 2.24) is 10.3 Å². The van der Waals surface area contributed by atoms with Crippen LogP contribution in [0.1, 0.15) is 17.5 Å². The van der Waals surface area contributed by atoms with E-state index in [4.69, 9.17) is 4.42 Å². The molecule has 0 saturated carbocycles. The molecule has 6 nitrogen and oxygen atoms in total. The van der Waals surface area contributed by atoms with E-state index in [0.29, 0.717) is 5.69 Å². The van der Waals surface area contributed by atoms with Crippen molar-refractivity contribution in [3.8, 4) is 10.6 Å². The lowest BCUT2D eigenvalue weighted by atomic mass is 10.2. The molecule has 0 aliphatic carbocycles. The van der Waals surface area contributed by atoms with Crippen molar-refractivity contribution in [2.24, 2.45) is 0 Å². The van der Waals surface area contributed by atoms with Gasteiger partial charge < -0.3 is 15.1 Å². The molecule has 2 aromatic heterocycles. The third-order valence-corrected chi connectivity index (χ3v) is 4.14. The van der Waals surface area contributed by atoms with Gasteiger partial charge in [-0.3, -0.25) is 9.59 Å². The molecule has 2 heterocycles. The molecule has 0 aliphatic heterocycles. The zero-order valence-electron chi connectivity index (χ0n) is 12.9. The van der Waals surface area contributed by atoms with Gasteiger partial charge in [0.25, 0.3) is 5.91 Å². The average Bonchev–Trinajstić information content (AvgIpc) is 3.29. The minimum absolute atomic E-state index is 0.169. The maximum atomic E-state index is 12.2. The normalized spacial score (nSPS) is 11.7. The smallest absolute Gasteiger partial charge is 0.287 e. The van der Waals surface area contributed by atoms with Gasteiger partial charge in [0.15, 0.2) is 5.76 Å². The fourth-order valence-corrected chi connectivity index (χ4v) is 2.70. The van der Waals surface area contributed by atoms with E-state index in [1.165, 1.54) is 12.3 Å². The molecular weight excluding hydrogens is 326 g/mol. The SMILES string of the molecule is CC(NC(=O)c1ccco1)C(=O)Nc1ccc(-c2nccs2)cc1. The van der Waals surface area contributed by atoms with E-state index in [1.54, 1.807) is 42.7 Å². The second kappa shape index (κ2) is 7.10. The van der Waals surface area contributed by atoms with Gasteiger partial charge in [0, 0.05) is 22.8 Å². The van der Waals surface area contributed by atoms with Gasteiger partial charge in [-0.05, 0) is 43.3 Å². The number of aromatic nitrogens is 1. The number of nitrogens with zero attached hydrogens (tertiary/aromatic N) is 1. The van der Waals surface area contributed by atoms with Gasteiger partial charge in [-0.2, -0.15) is 0 Å². The van der Waals surface area contributed by atoms with Crippen molar-refractivity contribution in [1.29, 1.82) is 0 Å². The van der Waals surface area contributed by atoms with Crippen molar-refractivity contribution in [3.63, 3.8) is 0 Å². The Kier molecular flexibility index (Phi) is 4.72. The molecule has 2 amide bonds. The summed E-state index contributed by atoms with van der Waals surface area (Å²) in [6.07, 6.45) is 3.16. The van der Waals surface area contributed by atoms with Gasteiger partial charge in [-0.1, -0.05) is 0 Å². The number of hydrogen-bond acceptors (Lipinski definition) is 5. The standard InChI is InChI=1S/C17H15N3O3S/c1-11(19-16(22)14-3-2-9-23-14)15(21)20-13-6-4-12(5-7-13)17-18-8-10-24-17/h2-11H,1H3,(H,19,22)(H,20,21). The van der Waals surface area contributed by atoms with Crippen molar-refractivity contribution in [2.75, 3.05) is 5.32 Å². The van der Waals surface area contributed by atoms with Crippen molar-refractivity contribution < 1.29 is 14.0 Å². The predicted octanol–water partition coefficient (Wildman–Crippen LogP) is 3.16. The maximum absolute atomic E-state index is 12.2. The first kappa shape index (κ1) is 15.9. The molecule has 1 aromatic carbocycles. The highest BCUT2D eigenvalue weighted by Gasteiger charge is 2.18. The number of benzene rings is 1. The lowest BCUT2D eigenvalue weighted by Crippen LogP contribution is -2.41. The molecule has 0 aliphatic rings. The molecule has 7 heteroatoms. The summed E-state index contributed by atoms with van der Waals surface area (Å²) in [6.45, 7) is 1.61.